The van der Waals surface area contributed by atoms with E-state index in [-0.39, 0.29) is 0 Å². The number of rotatable bonds is 1. The molecule has 0 aliphatic carbocycles. The summed E-state index contributed by atoms with van der Waals surface area (Å²) in [4.78, 5) is 0. The lowest BCUT2D eigenvalue weighted by atomic mass is 9.84. The molecule has 0 spiro atoms. The van der Waals surface area contributed by atoms with E-state index in [1.807, 2.05) is 0 Å². The van der Waals surface area contributed by atoms with Gasteiger partial charge in [-0.2, -0.15) is 11.8 Å². The summed E-state index contributed by atoms with van der Waals surface area (Å²) in [5.41, 5.74) is 3.18. The quantitative estimate of drug-likeness (QED) is 0.820. The number of hydrogen-bond acceptors (Lipinski definition) is 2. The first kappa shape index (κ1) is 11.6. The normalized spacial score (nSPS) is 36.2. The van der Waals surface area contributed by atoms with Crippen molar-refractivity contribution < 1.29 is 5.11 Å². The van der Waals surface area contributed by atoms with Gasteiger partial charge in [-0.25, -0.2) is 0 Å². The van der Waals surface area contributed by atoms with Gasteiger partial charge in [0.2, 0.25) is 0 Å². The molecule has 3 rings (SSSR count). The summed E-state index contributed by atoms with van der Waals surface area (Å²) in [5, 5.41) is 12.3. The van der Waals surface area contributed by atoms with Gasteiger partial charge in [-0.1, -0.05) is 18.2 Å². The van der Waals surface area contributed by atoms with Gasteiger partial charge in [0.1, 0.15) is 0 Å². The summed E-state index contributed by atoms with van der Waals surface area (Å²) in [6.07, 6.45) is 4.47. The van der Waals surface area contributed by atoms with E-state index in [0.717, 1.165) is 18.4 Å². The highest BCUT2D eigenvalue weighted by Crippen LogP contribution is 2.51. The zero-order valence-electron chi connectivity index (χ0n) is 10.6. The second-order valence-electron chi connectivity index (χ2n) is 5.70. The third kappa shape index (κ3) is 2.02. The Bertz CT molecular complexity index is 429. The van der Waals surface area contributed by atoms with Crippen molar-refractivity contribution in [3.05, 3.63) is 34.9 Å². The van der Waals surface area contributed by atoms with E-state index in [1.54, 1.807) is 0 Å². The summed E-state index contributed by atoms with van der Waals surface area (Å²) in [6, 6.07) is 6.45. The molecular formula is C15H20OS. The van der Waals surface area contributed by atoms with Crippen molar-refractivity contribution in [3.63, 3.8) is 0 Å². The van der Waals surface area contributed by atoms with Crippen molar-refractivity contribution in [2.24, 2.45) is 0 Å². The second-order valence-corrected chi connectivity index (χ2v) is 7.30. The van der Waals surface area contributed by atoms with Gasteiger partial charge in [0.15, 0.2) is 0 Å². The van der Waals surface area contributed by atoms with Gasteiger partial charge in [-0.3, -0.25) is 0 Å². The molecule has 2 unspecified atom stereocenters. The minimum absolute atomic E-state index is 0.560. The molecule has 2 fully saturated rings. The second kappa shape index (κ2) is 4.03. The van der Waals surface area contributed by atoms with E-state index in [9.17, 15) is 5.11 Å². The average molecular weight is 248 g/mol. The molecular weight excluding hydrogens is 228 g/mol. The van der Waals surface area contributed by atoms with E-state index in [4.69, 9.17) is 0 Å². The first-order chi connectivity index (χ1) is 8.07. The van der Waals surface area contributed by atoms with Crippen molar-refractivity contribution >= 4 is 11.8 Å². The largest absolute Gasteiger partial charge is 0.385 e. The molecule has 0 radical (unpaired) electrons. The third-order valence-corrected chi connectivity index (χ3v) is 5.95. The fourth-order valence-corrected chi connectivity index (χ4v) is 5.02. The van der Waals surface area contributed by atoms with Gasteiger partial charge < -0.3 is 5.11 Å². The Morgan fingerprint density at radius 2 is 1.76 bits per heavy atom. The highest BCUT2D eigenvalue weighted by molar-refractivity contribution is 8.00. The summed E-state index contributed by atoms with van der Waals surface area (Å²) >= 11 is 2.10. The summed E-state index contributed by atoms with van der Waals surface area (Å²) in [5.74, 6) is 0. The van der Waals surface area contributed by atoms with Crippen molar-refractivity contribution in [3.8, 4) is 0 Å². The molecule has 2 heteroatoms. The molecule has 0 saturated carbocycles. The Kier molecular flexibility index (Phi) is 2.75. The standard InChI is InChI=1S/C15H20OS/c1-10-3-4-12(7-11(10)2)15(16)8-13-5-6-14(9-15)17-13/h3-4,7,13-14,16H,5-6,8-9H2,1-2H3. The van der Waals surface area contributed by atoms with Gasteiger partial charge in [-0.05, 0) is 56.2 Å². The number of fused-ring (bicyclic) bond motifs is 2. The van der Waals surface area contributed by atoms with Crippen LogP contribution in [-0.4, -0.2) is 15.6 Å². The van der Waals surface area contributed by atoms with Crippen LogP contribution in [0.5, 0.6) is 0 Å². The average Bonchev–Trinajstić information content (AvgIpc) is 2.62. The van der Waals surface area contributed by atoms with Crippen LogP contribution in [-0.2, 0) is 5.60 Å². The molecule has 17 heavy (non-hydrogen) atoms. The van der Waals surface area contributed by atoms with Gasteiger partial charge in [0.05, 0.1) is 5.60 Å². The molecule has 2 aliphatic heterocycles. The lowest BCUT2D eigenvalue weighted by Crippen LogP contribution is -2.34. The van der Waals surface area contributed by atoms with E-state index in [1.165, 1.54) is 24.0 Å². The Morgan fingerprint density at radius 3 is 2.35 bits per heavy atom. The monoisotopic (exact) mass is 248 g/mol. The molecule has 2 atom stereocenters. The number of aryl methyl sites for hydroxylation is 2. The third-order valence-electron chi connectivity index (χ3n) is 4.37. The molecule has 1 N–H and O–H groups in total. The fraction of sp³-hybridized carbons (Fsp3) is 0.600. The number of thioether (sulfide) groups is 1. The minimum atomic E-state index is -0.560. The lowest BCUT2D eigenvalue weighted by Gasteiger charge is -2.36. The van der Waals surface area contributed by atoms with E-state index in [2.05, 4.69) is 43.8 Å². The minimum Gasteiger partial charge on any atom is -0.385 e. The molecule has 1 aromatic rings. The Morgan fingerprint density at radius 1 is 1.12 bits per heavy atom. The van der Waals surface area contributed by atoms with Crippen LogP contribution in [0.3, 0.4) is 0 Å². The summed E-state index contributed by atoms with van der Waals surface area (Å²) < 4.78 is 0. The Hall–Kier alpha value is -0.470. The zero-order chi connectivity index (χ0) is 12.0. The van der Waals surface area contributed by atoms with Crippen LogP contribution in [0.2, 0.25) is 0 Å². The van der Waals surface area contributed by atoms with Crippen LogP contribution < -0.4 is 0 Å². The molecule has 92 valence electrons. The molecule has 1 nitrogen and oxygen atoms in total. The van der Waals surface area contributed by atoms with Gasteiger partial charge in [0.25, 0.3) is 0 Å². The molecule has 2 aliphatic rings. The summed E-state index contributed by atoms with van der Waals surface area (Å²) in [7, 11) is 0. The van der Waals surface area contributed by atoms with E-state index < -0.39 is 5.60 Å². The Balaban J connectivity index is 1.94. The first-order valence-corrected chi connectivity index (χ1v) is 7.47. The molecule has 0 aromatic heterocycles. The number of hydrogen-bond donors (Lipinski definition) is 1. The highest BCUT2D eigenvalue weighted by atomic mass is 32.2. The predicted molar refractivity (Wildman–Crippen MR) is 73.4 cm³/mol. The highest BCUT2D eigenvalue weighted by Gasteiger charge is 2.44. The molecule has 1 aromatic carbocycles. The lowest BCUT2D eigenvalue weighted by molar-refractivity contribution is 0.0196. The SMILES string of the molecule is Cc1ccc(C2(O)CC3CCC(C2)S3)cc1C. The van der Waals surface area contributed by atoms with Crippen LogP contribution in [0.25, 0.3) is 0 Å². The topological polar surface area (TPSA) is 20.2 Å². The van der Waals surface area contributed by atoms with Gasteiger partial charge in [-0.15, -0.1) is 0 Å². The van der Waals surface area contributed by atoms with Gasteiger partial charge >= 0.3 is 0 Å². The van der Waals surface area contributed by atoms with Crippen LogP contribution in [0.4, 0.5) is 0 Å². The van der Waals surface area contributed by atoms with Crippen LogP contribution in [0.1, 0.15) is 42.4 Å². The number of aliphatic hydroxyl groups is 1. The maximum Gasteiger partial charge on any atom is 0.0917 e. The van der Waals surface area contributed by atoms with Gasteiger partial charge in [0, 0.05) is 10.5 Å². The van der Waals surface area contributed by atoms with E-state index in [0.29, 0.717) is 10.5 Å². The maximum absolute atomic E-state index is 10.9. The van der Waals surface area contributed by atoms with Crippen molar-refractivity contribution in [1.29, 1.82) is 0 Å². The Labute approximate surface area is 108 Å². The molecule has 2 saturated heterocycles. The predicted octanol–water partition coefficient (Wildman–Crippen LogP) is 3.55. The smallest absolute Gasteiger partial charge is 0.0917 e. The first-order valence-electron chi connectivity index (χ1n) is 6.52. The number of benzene rings is 1. The molecule has 0 amide bonds. The molecule has 2 heterocycles. The van der Waals surface area contributed by atoms with Crippen molar-refractivity contribution in [2.45, 2.75) is 55.6 Å². The molecule has 2 bridgehead atoms. The van der Waals surface area contributed by atoms with Crippen LogP contribution >= 0.6 is 11.8 Å². The van der Waals surface area contributed by atoms with Crippen LogP contribution in [0, 0.1) is 13.8 Å². The zero-order valence-corrected chi connectivity index (χ0v) is 11.4. The summed E-state index contributed by atoms with van der Waals surface area (Å²) in [6.45, 7) is 4.26. The fourth-order valence-electron chi connectivity index (χ4n) is 3.18. The van der Waals surface area contributed by atoms with Crippen molar-refractivity contribution in [2.75, 3.05) is 0 Å². The van der Waals surface area contributed by atoms with Crippen LogP contribution in [0.15, 0.2) is 18.2 Å². The van der Waals surface area contributed by atoms with E-state index >= 15 is 0 Å². The maximum atomic E-state index is 10.9. The van der Waals surface area contributed by atoms with Crippen molar-refractivity contribution in [1.82, 2.24) is 0 Å².